The molecule has 0 bridgehead atoms. The molecule has 2 rings (SSSR count). The molecule has 1 unspecified atom stereocenters. The lowest BCUT2D eigenvalue weighted by atomic mass is 9.94. The summed E-state index contributed by atoms with van der Waals surface area (Å²) in [5, 5.41) is 0. The van der Waals surface area contributed by atoms with Gasteiger partial charge in [0.05, 0.1) is 12.8 Å². The average Bonchev–Trinajstić information content (AvgIpc) is 2.96. The van der Waals surface area contributed by atoms with Crippen LogP contribution in [0.4, 0.5) is 0 Å². The zero-order valence-corrected chi connectivity index (χ0v) is 13.5. The van der Waals surface area contributed by atoms with Crippen molar-refractivity contribution in [1.82, 2.24) is 4.90 Å². The number of benzene rings is 1. The van der Waals surface area contributed by atoms with Gasteiger partial charge < -0.3 is 10.2 Å². The highest BCUT2D eigenvalue weighted by atomic mass is 16.3. The maximum atomic E-state index is 6.09. The molecule has 0 spiro atoms. The molecule has 1 atom stereocenters. The van der Waals surface area contributed by atoms with Crippen LogP contribution in [0.1, 0.15) is 41.0 Å². The van der Waals surface area contributed by atoms with Crippen molar-refractivity contribution in [2.24, 2.45) is 5.73 Å². The van der Waals surface area contributed by atoms with Gasteiger partial charge in [0.1, 0.15) is 5.76 Å². The summed E-state index contributed by atoms with van der Waals surface area (Å²) < 4.78 is 5.49. The lowest BCUT2D eigenvalue weighted by molar-refractivity contribution is 0.187. The Labute approximate surface area is 127 Å². The average molecular weight is 286 g/mol. The van der Waals surface area contributed by atoms with E-state index in [-0.39, 0.29) is 6.04 Å². The van der Waals surface area contributed by atoms with Crippen LogP contribution in [-0.4, -0.2) is 18.0 Å². The SMILES string of the molecule is CCN(Cc1ccco1)C(CN)c1cc(C)c(C)cc1C. The molecule has 0 saturated heterocycles. The third-order valence-electron chi connectivity index (χ3n) is 4.25. The normalized spacial score (nSPS) is 12.9. The molecule has 1 heterocycles. The molecule has 3 nitrogen and oxygen atoms in total. The molecule has 114 valence electrons. The second kappa shape index (κ2) is 6.92. The van der Waals surface area contributed by atoms with Crippen molar-refractivity contribution in [3.05, 3.63) is 58.5 Å². The molecule has 1 aromatic carbocycles. The Balaban J connectivity index is 2.30. The fraction of sp³-hybridized carbons (Fsp3) is 0.444. The monoisotopic (exact) mass is 286 g/mol. The van der Waals surface area contributed by atoms with Gasteiger partial charge in [-0.2, -0.15) is 0 Å². The van der Waals surface area contributed by atoms with Gasteiger partial charge in [0.2, 0.25) is 0 Å². The van der Waals surface area contributed by atoms with E-state index in [1.54, 1.807) is 6.26 Å². The summed E-state index contributed by atoms with van der Waals surface area (Å²) in [7, 11) is 0. The molecule has 3 heteroatoms. The second-order valence-corrected chi connectivity index (χ2v) is 5.69. The van der Waals surface area contributed by atoms with Crippen LogP contribution in [0.2, 0.25) is 0 Å². The van der Waals surface area contributed by atoms with Crippen molar-refractivity contribution >= 4 is 0 Å². The molecule has 2 aromatic rings. The highest BCUT2D eigenvalue weighted by Crippen LogP contribution is 2.27. The van der Waals surface area contributed by atoms with E-state index in [1.165, 1.54) is 22.3 Å². The fourth-order valence-corrected chi connectivity index (χ4v) is 2.86. The largest absolute Gasteiger partial charge is 0.468 e. The molecule has 0 saturated carbocycles. The first-order valence-corrected chi connectivity index (χ1v) is 7.61. The molecule has 0 aliphatic carbocycles. The van der Waals surface area contributed by atoms with Crippen LogP contribution in [-0.2, 0) is 6.54 Å². The number of furan rings is 1. The molecule has 0 fully saturated rings. The minimum Gasteiger partial charge on any atom is -0.468 e. The Hall–Kier alpha value is -1.58. The summed E-state index contributed by atoms with van der Waals surface area (Å²) in [6.45, 7) is 11.0. The van der Waals surface area contributed by atoms with Gasteiger partial charge in [-0.1, -0.05) is 19.1 Å². The van der Waals surface area contributed by atoms with Gasteiger partial charge in [0.15, 0.2) is 0 Å². The van der Waals surface area contributed by atoms with Crippen LogP contribution in [0.15, 0.2) is 34.9 Å². The highest BCUT2D eigenvalue weighted by molar-refractivity contribution is 5.38. The number of hydrogen-bond donors (Lipinski definition) is 1. The summed E-state index contributed by atoms with van der Waals surface area (Å²) in [6, 6.07) is 8.71. The molecular weight excluding hydrogens is 260 g/mol. The van der Waals surface area contributed by atoms with Gasteiger partial charge in [-0.25, -0.2) is 0 Å². The number of aryl methyl sites for hydroxylation is 3. The van der Waals surface area contributed by atoms with Gasteiger partial charge >= 0.3 is 0 Å². The van der Waals surface area contributed by atoms with E-state index >= 15 is 0 Å². The van der Waals surface area contributed by atoms with E-state index in [2.05, 4.69) is 44.7 Å². The number of rotatable bonds is 6. The van der Waals surface area contributed by atoms with Crippen LogP contribution in [0, 0.1) is 20.8 Å². The fourth-order valence-electron chi connectivity index (χ4n) is 2.86. The van der Waals surface area contributed by atoms with Gasteiger partial charge in [-0.05, 0) is 61.7 Å². The number of likely N-dealkylation sites (N-methyl/N-ethyl adjacent to an activating group) is 1. The Morgan fingerprint density at radius 2 is 1.86 bits per heavy atom. The zero-order valence-electron chi connectivity index (χ0n) is 13.5. The zero-order chi connectivity index (χ0) is 15.4. The standard InChI is InChI=1S/C18H26N2O/c1-5-20(12-16-7-6-8-21-16)18(11-19)17-10-14(3)13(2)9-15(17)4/h6-10,18H,5,11-12,19H2,1-4H3. The van der Waals surface area contributed by atoms with Crippen LogP contribution in [0.5, 0.6) is 0 Å². The maximum absolute atomic E-state index is 6.09. The number of hydrogen-bond acceptors (Lipinski definition) is 3. The van der Waals surface area contributed by atoms with E-state index in [0.717, 1.165) is 18.8 Å². The molecular formula is C18H26N2O. The van der Waals surface area contributed by atoms with Crippen molar-refractivity contribution in [2.45, 2.75) is 40.3 Å². The topological polar surface area (TPSA) is 42.4 Å². The van der Waals surface area contributed by atoms with Crippen LogP contribution < -0.4 is 5.73 Å². The quantitative estimate of drug-likeness (QED) is 0.880. The first-order valence-electron chi connectivity index (χ1n) is 7.61. The van der Waals surface area contributed by atoms with Crippen LogP contribution in [0.25, 0.3) is 0 Å². The molecule has 0 aliphatic rings. The summed E-state index contributed by atoms with van der Waals surface area (Å²) in [6.07, 6.45) is 1.72. The molecule has 2 N–H and O–H groups in total. The maximum Gasteiger partial charge on any atom is 0.117 e. The van der Waals surface area contributed by atoms with Gasteiger partial charge in [-0.15, -0.1) is 0 Å². The second-order valence-electron chi connectivity index (χ2n) is 5.69. The summed E-state index contributed by atoms with van der Waals surface area (Å²) in [4.78, 5) is 2.37. The lowest BCUT2D eigenvalue weighted by Gasteiger charge is -2.31. The van der Waals surface area contributed by atoms with E-state index < -0.39 is 0 Å². The minimum absolute atomic E-state index is 0.222. The van der Waals surface area contributed by atoms with Crippen molar-refractivity contribution in [3.63, 3.8) is 0 Å². The number of nitrogens with two attached hydrogens (primary N) is 1. The smallest absolute Gasteiger partial charge is 0.117 e. The molecule has 0 radical (unpaired) electrons. The predicted octanol–water partition coefficient (Wildman–Crippen LogP) is 3.73. The van der Waals surface area contributed by atoms with Gasteiger partial charge in [0.25, 0.3) is 0 Å². The van der Waals surface area contributed by atoms with Crippen molar-refractivity contribution in [3.8, 4) is 0 Å². The molecule has 0 aliphatic heterocycles. The van der Waals surface area contributed by atoms with Crippen molar-refractivity contribution < 1.29 is 4.42 Å². The molecule has 0 amide bonds. The van der Waals surface area contributed by atoms with E-state index in [4.69, 9.17) is 10.2 Å². The third kappa shape index (κ3) is 3.55. The molecule has 21 heavy (non-hydrogen) atoms. The van der Waals surface area contributed by atoms with Crippen LogP contribution >= 0.6 is 0 Å². The summed E-state index contributed by atoms with van der Waals surface area (Å²) in [5.41, 5.74) is 11.4. The van der Waals surface area contributed by atoms with Crippen molar-refractivity contribution in [1.29, 1.82) is 0 Å². The summed E-state index contributed by atoms with van der Waals surface area (Å²) >= 11 is 0. The summed E-state index contributed by atoms with van der Waals surface area (Å²) in [5.74, 6) is 0.983. The molecule has 1 aromatic heterocycles. The van der Waals surface area contributed by atoms with Crippen molar-refractivity contribution in [2.75, 3.05) is 13.1 Å². The Kier molecular flexibility index (Phi) is 5.21. The highest BCUT2D eigenvalue weighted by Gasteiger charge is 2.21. The Bertz CT molecular complexity index is 575. The van der Waals surface area contributed by atoms with Gasteiger partial charge in [-0.3, -0.25) is 4.90 Å². The van der Waals surface area contributed by atoms with Gasteiger partial charge in [0, 0.05) is 12.6 Å². The lowest BCUT2D eigenvalue weighted by Crippen LogP contribution is -2.33. The Morgan fingerprint density at radius 1 is 1.14 bits per heavy atom. The number of nitrogens with zero attached hydrogens (tertiary/aromatic N) is 1. The van der Waals surface area contributed by atoms with E-state index in [0.29, 0.717) is 6.54 Å². The first-order chi connectivity index (χ1) is 10.1. The Morgan fingerprint density at radius 3 is 2.43 bits per heavy atom. The van der Waals surface area contributed by atoms with E-state index in [1.807, 2.05) is 12.1 Å². The first kappa shape index (κ1) is 15.8. The van der Waals surface area contributed by atoms with Crippen LogP contribution in [0.3, 0.4) is 0 Å². The minimum atomic E-state index is 0.222. The third-order valence-corrected chi connectivity index (χ3v) is 4.25. The predicted molar refractivity (Wildman–Crippen MR) is 87.2 cm³/mol. The van der Waals surface area contributed by atoms with E-state index in [9.17, 15) is 0 Å².